The van der Waals surface area contributed by atoms with Gasteiger partial charge in [-0.05, 0) is 128 Å². The molecular formula is C54H39N3. The summed E-state index contributed by atoms with van der Waals surface area (Å²) < 4.78 is 2.31. The molecule has 2 aromatic heterocycles. The highest BCUT2D eigenvalue weighted by Gasteiger charge is 2.35. The van der Waals surface area contributed by atoms with Gasteiger partial charge in [0, 0.05) is 39.4 Å². The molecule has 57 heavy (non-hydrogen) atoms. The second-order valence-electron chi connectivity index (χ2n) is 15.7. The number of nitrogens with zero attached hydrogens (tertiary/aromatic N) is 3. The molecule has 270 valence electrons. The van der Waals surface area contributed by atoms with Crippen molar-refractivity contribution in [1.29, 1.82) is 0 Å². The third-order valence-electron chi connectivity index (χ3n) is 12.0. The zero-order valence-corrected chi connectivity index (χ0v) is 31.9. The van der Waals surface area contributed by atoms with Gasteiger partial charge in [0.25, 0.3) is 0 Å². The van der Waals surface area contributed by atoms with E-state index in [9.17, 15) is 0 Å². The molecule has 2 heterocycles. The van der Waals surface area contributed by atoms with E-state index in [-0.39, 0.29) is 5.41 Å². The first-order chi connectivity index (χ1) is 28.0. The molecular weight excluding hydrogens is 691 g/mol. The summed E-state index contributed by atoms with van der Waals surface area (Å²) in [5.74, 6) is 0. The van der Waals surface area contributed by atoms with Crippen LogP contribution in [0.2, 0.25) is 0 Å². The number of para-hydroxylation sites is 1. The number of fused-ring (bicyclic) bond motifs is 7. The van der Waals surface area contributed by atoms with Gasteiger partial charge in [0.15, 0.2) is 0 Å². The highest BCUT2D eigenvalue weighted by atomic mass is 15.1. The van der Waals surface area contributed by atoms with Crippen molar-refractivity contribution < 1.29 is 0 Å². The molecule has 0 unspecified atom stereocenters. The summed E-state index contributed by atoms with van der Waals surface area (Å²) in [6.45, 7) is 4.70. The number of hydrogen-bond acceptors (Lipinski definition) is 2. The molecule has 0 saturated carbocycles. The van der Waals surface area contributed by atoms with Gasteiger partial charge in [0.1, 0.15) is 0 Å². The van der Waals surface area contributed by atoms with Gasteiger partial charge in [-0.2, -0.15) is 0 Å². The van der Waals surface area contributed by atoms with Gasteiger partial charge in [-0.25, -0.2) is 0 Å². The van der Waals surface area contributed by atoms with Crippen LogP contribution in [0.4, 0.5) is 17.1 Å². The van der Waals surface area contributed by atoms with Crippen molar-refractivity contribution in [2.75, 3.05) is 4.90 Å². The summed E-state index contributed by atoms with van der Waals surface area (Å²) in [7, 11) is 0. The summed E-state index contributed by atoms with van der Waals surface area (Å²) >= 11 is 0. The number of hydrogen-bond donors (Lipinski definition) is 0. The SMILES string of the molecule is CC1(C)c2ccccc2-c2ccc(N(c3ccc(-c4cccc(-c5ccc6c(c5)c5ccccc5n6-c5cccnc5)c4)cc3)c3ccc4ccccc4c3)cc21. The maximum atomic E-state index is 4.42. The standard InChI is InChI=1S/C54H39N3/c1-54(2)50-18-7-5-16-46(50)47-28-27-44(34-51(47)54)56(43-26-22-36-11-3-4-12-40(36)32-43)42-24-20-37(21-25-42)38-13-9-14-39(31-38)41-23-29-53-49(33-41)48-17-6-8-19-52(48)57(53)45-15-10-30-55-35-45/h3-35H,1-2H3. The fourth-order valence-corrected chi connectivity index (χ4v) is 9.19. The van der Waals surface area contributed by atoms with Crippen molar-refractivity contribution in [3.63, 3.8) is 0 Å². The van der Waals surface area contributed by atoms with Gasteiger partial charge >= 0.3 is 0 Å². The minimum absolute atomic E-state index is 0.0904. The van der Waals surface area contributed by atoms with E-state index in [1.165, 1.54) is 77.1 Å². The zero-order valence-electron chi connectivity index (χ0n) is 31.9. The minimum atomic E-state index is -0.0904. The molecule has 0 fully saturated rings. The summed E-state index contributed by atoms with van der Waals surface area (Å²) in [6.07, 6.45) is 3.76. The average Bonchev–Trinajstić information content (AvgIpc) is 3.72. The lowest BCUT2D eigenvalue weighted by Crippen LogP contribution is -2.16. The highest BCUT2D eigenvalue weighted by Crippen LogP contribution is 2.51. The number of rotatable bonds is 6. The summed E-state index contributed by atoms with van der Waals surface area (Å²) in [5, 5.41) is 4.93. The third-order valence-corrected chi connectivity index (χ3v) is 12.0. The molecule has 8 aromatic carbocycles. The average molecular weight is 730 g/mol. The lowest BCUT2D eigenvalue weighted by molar-refractivity contribution is 0.660. The second kappa shape index (κ2) is 12.9. The van der Waals surface area contributed by atoms with Crippen LogP contribution in [-0.2, 0) is 5.41 Å². The van der Waals surface area contributed by atoms with E-state index in [0.717, 1.165) is 22.7 Å². The van der Waals surface area contributed by atoms with E-state index >= 15 is 0 Å². The topological polar surface area (TPSA) is 21.1 Å². The quantitative estimate of drug-likeness (QED) is 0.170. The van der Waals surface area contributed by atoms with E-state index in [1.54, 1.807) is 0 Å². The zero-order chi connectivity index (χ0) is 38.1. The van der Waals surface area contributed by atoms with Gasteiger partial charge < -0.3 is 9.47 Å². The van der Waals surface area contributed by atoms with Crippen LogP contribution in [0.15, 0.2) is 200 Å². The van der Waals surface area contributed by atoms with Crippen molar-refractivity contribution in [2.45, 2.75) is 19.3 Å². The van der Waals surface area contributed by atoms with Crippen molar-refractivity contribution >= 4 is 49.6 Å². The molecule has 0 amide bonds. The summed E-state index contributed by atoms with van der Waals surface area (Å²) in [5.41, 5.74) is 16.9. The van der Waals surface area contributed by atoms with Gasteiger partial charge in [0.05, 0.1) is 22.9 Å². The van der Waals surface area contributed by atoms with Crippen molar-refractivity contribution in [2.24, 2.45) is 0 Å². The van der Waals surface area contributed by atoms with Gasteiger partial charge in [-0.3, -0.25) is 4.98 Å². The maximum Gasteiger partial charge on any atom is 0.0645 e. The summed E-state index contributed by atoms with van der Waals surface area (Å²) in [6, 6.07) is 68.8. The molecule has 10 aromatic rings. The van der Waals surface area contributed by atoms with E-state index < -0.39 is 0 Å². The predicted octanol–water partition coefficient (Wildman–Crippen LogP) is 14.4. The normalized spacial score (nSPS) is 12.9. The lowest BCUT2D eigenvalue weighted by Gasteiger charge is -2.28. The molecule has 0 atom stereocenters. The number of aromatic nitrogens is 2. The third kappa shape index (κ3) is 5.38. The van der Waals surface area contributed by atoms with Crippen LogP contribution in [0.25, 0.3) is 71.6 Å². The number of pyridine rings is 1. The van der Waals surface area contributed by atoms with E-state index in [4.69, 9.17) is 0 Å². The molecule has 0 N–H and O–H groups in total. The first-order valence-electron chi connectivity index (χ1n) is 19.7. The molecule has 1 aliphatic rings. The van der Waals surface area contributed by atoms with Gasteiger partial charge in [0.2, 0.25) is 0 Å². The molecule has 1 aliphatic carbocycles. The van der Waals surface area contributed by atoms with E-state index in [1.807, 2.05) is 18.5 Å². The van der Waals surface area contributed by atoms with Crippen LogP contribution >= 0.6 is 0 Å². The second-order valence-corrected chi connectivity index (χ2v) is 15.7. The monoisotopic (exact) mass is 729 g/mol. The van der Waals surface area contributed by atoms with E-state index in [0.29, 0.717) is 0 Å². The fourth-order valence-electron chi connectivity index (χ4n) is 9.19. The number of anilines is 3. The summed E-state index contributed by atoms with van der Waals surface area (Å²) in [4.78, 5) is 6.82. The Morgan fingerprint density at radius 3 is 1.96 bits per heavy atom. The minimum Gasteiger partial charge on any atom is -0.310 e. The molecule has 0 bridgehead atoms. The van der Waals surface area contributed by atoms with Crippen molar-refractivity contribution in [3.8, 4) is 39.1 Å². The fraction of sp³-hybridized carbons (Fsp3) is 0.0556. The van der Waals surface area contributed by atoms with Crippen LogP contribution in [0, 0.1) is 0 Å². The molecule has 0 spiro atoms. The Morgan fingerprint density at radius 1 is 0.439 bits per heavy atom. The van der Waals surface area contributed by atoms with Crippen LogP contribution in [0.5, 0.6) is 0 Å². The maximum absolute atomic E-state index is 4.42. The predicted molar refractivity (Wildman–Crippen MR) is 239 cm³/mol. The van der Waals surface area contributed by atoms with Gasteiger partial charge in [-0.15, -0.1) is 0 Å². The molecule has 0 saturated heterocycles. The van der Waals surface area contributed by atoms with E-state index in [2.05, 4.69) is 210 Å². The van der Waals surface area contributed by atoms with Crippen molar-refractivity contribution in [3.05, 3.63) is 212 Å². The molecule has 3 heteroatoms. The molecule has 0 aliphatic heterocycles. The molecule has 0 radical (unpaired) electrons. The Balaban J connectivity index is 0.978. The Kier molecular flexibility index (Phi) is 7.52. The van der Waals surface area contributed by atoms with Crippen LogP contribution in [-0.4, -0.2) is 9.55 Å². The highest BCUT2D eigenvalue weighted by molar-refractivity contribution is 6.10. The first kappa shape index (κ1) is 33.1. The van der Waals surface area contributed by atoms with Crippen LogP contribution in [0.3, 0.4) is 0 Å². The van der Waals surface area contributed by atoms with Crippen LogP contribution in [0.1, 0.15) is 25.0 Å². The number of benzene rings is 8. The molecule has 11 rings (SSSR count). The van der Waals surface area contributed by atoms with Crippen LogP contribution < -0.4 is 4.90 Å². The van der Waals surface area contributed by atoms with Crippen molar-refractivity contribution in [1.82, 2.24) is 9.55 Å². The Bertz CT molecular complexity index is 3150. The smallest absolute Gasteiger partial charge is 0.0645 e. The van der Waals surface area contributed by atoms with Gasteiger partial charge in [-0.1, -0.05) is 129 Å². The Morgan fingerprint density at radius 2 is 1.11 bits per heavy atom. The Hall–Kier alpha value is -7.23. The Labute approximate surface area is 332 Å². The largest absolute Gasteiger partial charge is 0.310 e. The molecule has 3 nitrogen and oxygen atoms in total. The first-order valence-corrected chi connectivity index (χ1v) is 19.7. The lowest BCUT2D eigenvalue weighted by atomic mass is 9.82.